The van der Waals surface area contributed by atoms with Crippen LogP contribution >= 0.6 is 0 Å². The van der Waals surface area contributed by atoms with Gasteiger partial charge < -0.3 is 16.2 Å². The van der Waals surface area contributed by atoms with Gasteiger partial charge in [0.1, 0.15) is 6.10 Å². The molecule has 0 spiro atoms. The fourth-order valence-corrected chi connectivity index (χ4v) is 0.649. The monoisotopic (exact) mass is 160 g/mol. The summed E-state index contributed by atoms with van der Waals surface area (Å²) in [4.78, 5) is 10.6. The largest absolute Gasteiger partial charge is 0.367 e. The van der Waals surface area contributed by atoms with Crippen molar-refractivity contribution in [3.63, 3.8) is 0 Å². The second kappa shape index (κ2) is 3.69. The number of amides is 1. The van der Waals surface area contributed by atoms with Crippen molar-refractivity contribution in [2.24, 2.45) is 11.5 Å². The van der Waals surface area contributed by atoms with Crippen LogP contribution in [0.1, 0.15) is 20.8 Å². The van der Waals surface area contributed by atoms with Crippen LogP contribution in [-0.4, -0.2) is 24.2 Å². The van der Waals surface area contributed by atoms with Crippen LogP contribution < -0.4 is 11.5 Å². The molecule has 0 saturated carbocycles. The van der Waals surface area contributed by atoms with Crippen LogP contribution in [0.4, 0.5) is 0 Å². The van der Waals surface area contributed by atoms with Crippen molar-refractivity contribution in [3.8, 4) is 0 Å². The van der Waals surface area contributed by atoms with Crippen molar-refractivity contribution in [1.82, 2.24) is 0 Å². The maximum atomic E-state index is 10.6. The van der Waals surface area contributed by atoms with Gasteiger partial charge in [-0.25, -0.2) is 0 Å². The Morgan fingerprint density at radius 2 is 2.00 bits per heavy atom. The average Bonchev–Trinajstić information content (AvgIpc) is 1.80. The summed E-state index contributed by atoms with van der Waals surface area (Å²) in [5.74, 6) is -0.512. The Labute approximate surface area is 66.9 Å². The summed E-state index contributed by atoms with van der Waals surface area (Å²) >= 11 is 0. The Morgan fingerprint density at radius 3 is 2.09 bits per heavy atom. The smallest absolute Gasteiger partial charge is 0.247 e. The highest BCUT2D eigenvalue weighted by atomic mass is 16.5. The Bertz CT molecular complexity index is 140. The van der Waals surface area contributed by atoms with E-state index in [0.29, 0.717) is 0 Å². The van der Waals surface area contributed by atoms with E-state index in [2.05, 4.69) is 0 Å². The first-order valence-corrected chi connectivity index (χ1v) is 3.54. The van der Waals surface area contributed by atoms with Gasteiger partial charge in [-0.3, -0.25) is 4.79 Å². The first-order chi connectivity index (χ1) is 4.87. The van der Waals surface area contributed by atoms with Crippen LogP contribution in [0.5, 0.6) is 0 Å². The highest BCUT2D eigenvalue weighted by Gasteiger charge is 2.21. The number of rotatable bonds is 3. The van der Waals surface area contributed by atoms with Gasteiger partial charge in [0.25, 0.3) is 0 Å². The molecular weight excluding hydrogens is 144 g/mol. The minimum Gasteiger partial charge on any atom is -0.367 e. The van der Waals surface area contributed by atoms with Crippen LogP contribution in [0.2, 0.25) is 0 Å². The summed E-state index contributed by atoms with van der Waals surface area (Å²) in [5, 5.41) is 0. The molecule has 4 N–H and O–H groups in total. The van der Waals surface area contributed by atoms with E-state index in [4.69, 9.17) is 16.2 Å². The van der Waals surface area contributed by atoms with Crippen molar-refractivity contribution in [2.45, 2.75) is 32.5 Å². The highest BCUT2D eigenvalue weighted by Crippen LogP contribution is 2.09. The third-order valence-electron chi connectivity index (χ3n) is 1.03. The van der Waals surface area contributed by atoms with Crippen LogP contribution in [0.15, 0.2) is 0 Å². The third kappa shape index (κ3) is 4.75. The first-order valence-electron chi connectivity index (χ1n) is 3.54. The van der Waals surface area contributed by atoms with E-state index in [-0.39, 0.29) is 12.1 Å². The number of nitrogens with two attached hydrogens (primary N) is 2. The van der Waals surface area contributed by atoms with Crippen molar-refractivity contribution in [3.05, 3.63) is 0 Å². The summed E-state index contributed by atoms with van der Waals surface area (Å²) in [7, 11) is 0. The second-order valence-corrected chi connectivity index (χ2v) is 3.36. The van der Waals surface area contributed by atoms with Gasteiger partial charge in [-0.15, -0.1) is 0 Å². The normalized spacial score (nSPS) is 14.5. The quantitative estimate of drug-likeness (QED) is 0.590. The molecule has 1 amide bonds. The van der Waals surface area contributed by atoms with Gasteiger partial charge in [0.2, 0.25) is 5.91 Å². The fourth-order valence-electron chi connectivity index (χ4n) is 0.649. The molecule has 1 unspecified atom stereocenters. The Hall–Kier alpha value is -0.610. The molecule has 0 aromatic heterocycles. The molecular formula is C7H16N2O2. The molecule has 0 aromatic carbocycles. The Morgan fingerprint density at radius 1 is 1.55 bits per heavy atom. The fraction of sp³-hybridized carbons (Fsp3) is 0.857. The van der Waals surface area contributed by atoms with Gasteiger partial charge in [0.05, 0.1) is 5.60 Å². The lowest BCUT2D eigenvalue weighted by Gasteiger charge is -2.24. The van der Waals surface area contributed by atoms with E-state index < -0.39 is 12.0 Å². The third-order valence-corrected chi connectivity index (χ3v) is 1.03. The molecule has 0 bridgehead atoms. The maximum absolute atomic E-state index is 10.6. The molecule has 0 fully saturated rings. The van der Waals surface area contributed by atoms with E-state index in [1.165, 1.54) is 0 Å². The zero-order chi connectivity index (χ0) is 9.07. The Kier molecular flexibility index (Phi) is 3.48. The number of carbonyl (C=O) groups excluding carboxylic acids is 1. The lowest BCUT2D eigenvalue weighted by molar-refractivity contribution is -0.137. The van der Waals surface area contributed by atoms with E-state index in [1.807, 2.05) is 20.8 Å². The van der Waals surface area contributed by atoms with Crippen LogP contribution in [0, 0.1) is 0 Å². The van der Waals surface area contributed by atoms with Crippen molar-refractivity contribution >= 4 is 5.91 Å². The van der Waals surface area contributed by atoms with Gasteiger partial charge >= 0.3 is 0 Å². The number of hydrogen-bond donors (Lipinski definition) is 2. The summed E-state index contributed by atoms with van der Waals surface area (Å²) in [6.07, 6.45) is -0.671. The summed E-state index contributed by atoms with van der Waals surface area (Å²) in [5.41, 5.74) is 9.89. The summed E-state index contributed by atoms with van der Waals surface area (Å²) < 4.78 is 5.25. The van der Waals surface area contributed by atoms with Crippen LogP contribution in [-0.2, 0) is 9.53 Å². The molecule has 0 aliphatic carbocycles. The van der Waals surface area contributed by atoms with Gasteiger partial charge in [0, 0.05) is 6.54 Å². The molecule has 4 heteroatoms. The molecule has 0 heterocycles. The van der Waals surface area contributed by atoms with E-state index in [9.17, 15) is 4.79 Å². The van der Waals surface area contributed by atoms with Gasteiger partial charge in [-0.05, 0) is 20.8 Å². The van der Waals surface area contributed by atoms with Crippen LogP contribution in [0.3, 0.4) is 0 Å². The van der Waals surface area contributed by atoms with Gasteiger partial charge in [-0.2, -0.15) is 0 Å². The van der Waals surface area contributed by atoms with Gasteiger partial charge in [0.15, 0.2) is 0 Å². The molecule has 0 saturated heterocycles. The molecule has 1 atom stereocenters. The summed E-state index contributed by atoms with van der Waals surface area (Å²) in [6.45, 7) is 5.67. The second-order valence-electron chi connectivity index (χ2n) is 3.36. The molecule has 11 heavy (non-hydrogen) atoms. The van der Waals surface area contributed by atoms with Crippen LogP contribution in [0.25, 0.3) is 0 Å². The topological polar surface area (TPSA) is 78.3 Å². The number of hydrogen-bond acceptors (Lipinski definition) is 3. The molecule has 0 aliphatic rings. The van der Waals surface area contributed by atoms with E-state index >= 15 is 0 Å². The minimum absolute atomic E-state index is 0.132. The SMILES string of the molecule is CC(C)(C)OC(CN)C(N)=O. The molecule has 4 nitrogen and oxygen atoms in total. The van der Waals surface area contributed by atoms with Crippen molar-refractivity contribution in [2.75, 3.05) is 6.54 Å². The molecule has 0 radical (unpaired) electrons. The Balaban J connectivity index is 3.99. The predicted molar refractivity (Wildman–Crippen MR) is 42.9 cm³/mol. The number of ether oxygens (including phenoxy) is 1. The lowest BCUT2D eigenvalue weighted by atomic mass is 10.2. The predicted octanol–water partition coefficient (Wildman–Crippen LogP) is -0.386. The molecule has 0 aromatic rings. The zero-order valence-corrected chi connectivity index (χ0v) is 7.26. The maximum Gasteiger partial charge on any atom is 0.247 e. The standard InChI is InChI=1S/C7H16N2O2/c1-7(2,3)11-5(4-8)6(9)10/h5H,4,8H2,1-3H3,(H2,9,10). The lowest BCUT2D eigenvalue weighted by Crippen LogP contribution is -2.42. The number of carbonyl (C=O) groups is 1. The molecule has 0 aliphatic heterocycles. The van der Waals surface area contributed by atoms with E-state index in [1.54, 1.807) is 0 Å². The van der Waals surface area contributed by atoms with Crippen molar-refractivity contribution in [1.29, 1.82) is 0 Å². The molecule has 66 valence electrons. The highest BCUT2D eigenvalue weighted by molar-refractivity contribution is 5.79. The number of primary amides is 1. The van der Waals surface area contributed by atoms with E-state index in [0.717, 1.165) is 0 Å². The first kappa shape index (κ1) is 10.4. The zero-order valence-electron chi connectivity index (χ0n) is 7.26. The minimum atomic E-state index is -0.671. The molecule has 0 rings (SSSR count). The van der Waals surface area contributed by atoms with Gasteiger partial charge in [-0.1, -0.05) is 0 Å². The average molecular weight is 160 g/mol. The summed E-state index contributed by atoms with van der Waals surface area (Å²) in [6, 6.07) is 0. The van der Waals surface area contributed by atoms with Crippen molar-refractivity contribution < 1.29 is 9.53 Å².